The van der Waals surface area contributed by atoms with Crippen LogP contribution in [0, 0.1) is 6.92 Å². The quantitative estimate of drug-likeness (QED) is 0.183. The summed E-state index contributed by atoms with van der Waals surface area (Å²) in [5, 5.41) is 3.09. The molecular weight excluding hydrogens is 560 g/mol. The molecule has 1 atom stereocenters. The van der Waals surface area contributed by atoms with Gasteiger partial charge in [0.1, 0.15) is 0 Å². The van der Waals surface area contributed by atoms with Gasteiger partial charge in [-0.2, -0.15) is 0 Å². The van der Waals surface area contributed by atoms with Crippen molar-refractivity contribution < 1.29 is 19.1 Å². The number of hydrogen-bond acceptors (Lipinski definition) is 4. The largest absolute Gasteiger partial charge is 0.463 e. The summed E-state index contributed by atoms with van der Waals surface area (Å²) in [5.74, 6) is -0.854. The van der Waals surface area contributed by atoms with E-state index in [2.05, 4.69) is 29.6 Å². The van der Waals surface area contributed by atoms with Crippen molar-refractivity contribution in [2.45, 2.75) is 52.0 Å². The van der Waals surface area contributed by atoms with Crippen LogP contribution < -0.4 is 5.32 Å². The van der Waals surface area contributed by atoms with Crippen LogP contribution in [0.3, 0.4) is 0 Å². The number of benzene rings is 4. The monoisotopic (exact) mass is 600 g/mol. The lowest BCUT2D eigenvalue weighted by Gasteiger charge is -2.35. The Bertz CT molecular complexity index is 1640. The predicted octanol–water partition coefficient (Wildman–Crippen LogP) is 7.30. The van der Waals surface area contributed by atoms with Crippen LogP contribution >= 0.6 is 0 Å². The van der Waals surface area contributed by atoms with Crippen LogP contribution in [0.4, 0.5) is 0 Å². The van der Waals surface area contributed by atoms with Gasteiger partial charge >= 0.3 is 5.97 Å². The molecule has 0 spiro atoms. The van der Waals surface area contributed by atoms with E-state index in [-0.39, 0.29) is 43.2 Å². The minimum atomic E-state index is -0.404. The zero-order chi connectivity index (χ0) is 31.8. The normalized spacial score (nSPS) is 14.9. The highest BCUT2D eigenvalue weighted by Crippen LogP contribution is 2.39. The average Bonchev–Trinajstić information content (AvgIpc) is 3.06. The Kier molecular flexibility index (Phi) is 10.3. The minimum absolute atomic E-state index is 0.0727. The first-order valence-electron chi connectivity index (χ1n) is 15.6. The summed E-state index contributed by atoms with van der Waals surface area (Å²) in [6, 6.07) is 35.8. The Morgan fingerprint density at radius 2 is 1.51 bits per heavy atom. The fourth-order valence-corrected chi connectivity index (χ4v) is 6.24. The number of nitrogens with zero attached hydrogens (tertiary/aromatic N) is 1. The third kappa shape index (κ3) is 7.40. The molecule has 0 saturated heterocycles. The van der Waals surface area contributed by atoms with Crippen molar-refractivity contribution >= 4 is 17.8 Å². The van der Waals surface area contributed by atoms with Crippen molar-refractivity contribution in [3.05, 3.63) is 154 Å². The number of allylic oxidation sites excluding steroid dienone is 1. The Morgan fingerprint density at radius 1 is 0.867 bits per heavy atom. The highest BCUT2D eigenvalue weighted by Gasteiger charge is 2.37. The molecule has 1 aliphatic rings. The molecule has 0 fully saturated rings. The molecule has 230 valence electrons. The first-order valence-corrected chi connectivity index (χ1v) is 15.6. The van der Waals surface area contributed by atoms with Gasteiger partial charge in [-0.3, -0.25) is 9.59 Å². The van der Waals surface area contributed by atoms with Gasteiger partial charge in [0, 0.05) is 36.1 Å². The summed E-state index contributed by atoms with van der Waals surface area (Å²) in [6.45, 7) is 6.58. The maximum atomic E-state index is 13.5. The standard InChI is InChI=1S/C39H40N2O4/c1-4-45-39(44)37-28(3)41(36(42)25-35(37)33-21-12-11-14-27(33)2)26-29-15-13-20-32(24-29)38(43)40-23-22-34(30-16-7-5-8-17-30)31-18-9-6-10-19-31/h5-21,24,34-35H,4,22-23,25-26H2,1-3H3,(H,40,43). The summed E-state index contributed by atoms with van der Waals surface area (Å²) in [6.07, 6.45) is 0.922. The van der Waals surface area contributed by atoms with E-state index in [0.717, 1.165) is 23.1 Å². The fourth-order valence-electron chi connectivity index (χ4n) is 6.24. The summed E-state index contributed by atoms with van der Waals surface area (Å²) >= 11 is 0. The lowest BCUT2D eigenvalue weighted by molar-refractivity contribution is -0.140. The first-order chi connectivity index (χ1) is 21.9. The van der Waals surface area contributed by atoms with Gasteiger partial charge in [0.05, 0.1) is 18.7 Å². The Balaban J connectivity index is 1.31. The van der Waals surface area contributed by atoms with Crippen molar-refractivity contribution in [2.75, 3.05) is 13.2 Å². The third-order valence-corrected chi connectivity index (χ3v) is 8.53. The zero-order valence-corrected chi connectivity index (χ0v) is 26.2. The van der Waals surface area contributed by atoms with Gasteiger partial charge in [0.25, 0.3) is 5.91 Å². The van der Waals surface area contributed by atoms with Gasteiger partial charge in [-0.05, 0) is 67.1 Å². The highest BCUT2D eigenvalue weighted by molar-refractivity contribution is 5.96. The van der Waals surface area contributed by atoms with E-state index < -0.39 is 5.97 Å². The SMILES string of the molecule is CCOC(=O)C1=C(C)N(Cc2cccc(C(=O)NCCC(c3ccccc3)c3ccccc3)c2)C(=O)CC1c1ccccc1C. The third-order valence-electron chi connectivity index (χ3n) is 8.53. The molecule has 6 heteroatoms. The van der Waals surface area contributed by atoms with E-state index in [0.29, 0.717) is 23.4 Å². The molecule has 0 aliphatic carbocycles. The number of hydrogen-bond donors (Lipinski definition) is 1. The van der Waals surface area contributed by atoms with E-state index in [1.165, 1.54) is 11.1 Å². The summed E-state index contributed by atoms with van der Waals surface area (Å²) in [4.78, 5) is 41.7. The van der Waals surface area contributed by atoms with Gasteiger partial charge in [0.15, 0.2) is 0 Å². The second kappa shape index (κ2) is 14.7. The van der Waals surface area contributed by atoms with E-state index in [4.69, 9.17) is 4.74 Å². The molecule has 1 heterocycles. The number of amides is 2. The molecule has 0 radical (unpaired) electrons. The molecule has 1 N–H and O–H groups in total. The van der Waals surface area contributed by atoms with Crippen LogP contribution in [0.15, 0.2) is 120 Å². The molecular formula is C39H40N2O4. The number of nitrogens with one attached hydrogen (secondary N) is 1. The summed E-state index contributed by atoms with van der Waals surface area (Å²) in [5.41, 5.74) is 6.82. The predicted molar refractivity (Wildman–Crippen MR) is 177 cm³/mol. The first kappa shape index (κ1) is 31.5. The lowest BCUT2D eigenvalue weighted by Crippen LogP contribution is -2.38. The number of carbonyl (C=O) groups excluding carboxylic acids is 3. The number of carbonyl (C=O) groups is 3. The zero-order valence-electron chi connectivity index (χ0n) is 26.2. The molecule has 45 heavy (non-hydrogen) atoms. The summed E-state index contributed by atoms with van der Waals surface area (Å²) < 4.78 is 5.45. The maximum Gasteiger partial charge on any atom is 0.336 e. The van der Waals surface area contributed by atoms with E-state index >= 15 is 0 Å². The van der Waals surface area contributed by atoms with E-state index in [1.54, 1.807) is 24.8 Å². The fraction of sp³-hybridized carbons (Fsp3) is 0.256. The van der Waals surface area contributed by atoms with Crippen LogP contribution in [-0.4, -0.2) is 35.8 Å². The number of aryl methyl sites for hydroxylation is 1. The molecule has 0 aromatic heterocycles. The van der Waals surface area contributed by atoms with Crippen molar-refractivity contribution in [1.29, 1.82) is 0 Å². The molecule has 1 unspecified atom stereocenters. The summed E-state index contributed by atoms with van der Waals surface area (Å²) in [7, 11) is 0. The van der Waals surface area contributed by atoms with Crippen molar-refractivity contribution in [2.24, 2.45) is 0 Å². The van der Waals surface area contributed by atoms with Crippen LogP contribution in [0.25, 0.3) is 0 Å². The van der Waals surface area contributed by atoms with Crippen LogP contribution in [-0.2, 0) is 20.9 Å². The van der Waals surface area contributed by atoms with Gasteiger partial charge in [-0.25, -0.2) is 4.79 Å². The topological polar surface area (TPSA) is 75.7 Å². The second-order valence-corrected chi connectivity index (χ2v) is 11.4. The Labute approximate surface area is 265 Å². The van der Waals surface area contributed by atoms with Crippen molar-refractivity contribution in [3.63, 3.8) is 0 Å². The van der Waals surface area contributed by atoms with Gasteiger partial charge in [0.2, 0.25) is 5.91 Å². The molecule has 6 nitrogen and oxygen atoms in total. The van der Waals surface area contributed by atoms with Gasteiger partial charge < -0.3 is 15.0 Å². The lowest BCUT2D eigenvalue weighted by atomic mass is 9.81. The van der Waals surface area contributed by atoms with Crippen molar-refractivity contribution in [3.8, 4) is 0 Å². The second-order valence-electron chi connectivity index (χ2n) is 11.4. The Hall–Kier alpha value is -4.97. The smallest absolute Gasteiger partial charge is 0.336 e. The van der Waals surface area contributed by atoms with Crippen molar-refractivity contribution in [1.82, 2.24) is 10.2 Å². The molecule has 4 aromatic carbocycles. The van der Waals surface area contributed by atoms with Crippen LogP contribution in [0.5, 0.6) is 0 Å². The molecule has 0 bridgehead atoms. The van der Waals surface area contributed by atoms with Crippen LogP contribution in [0.1, 0.15) is 76.7 Å². The molecule has 1 aliphatic heterocycles. The highest BCUT2D eigenvalue weighted by atomic mass is 16.5. The minimum Gasteiger partial charge on any atom is -0.463 e. The maximum absolute atomic E-state index is 13.5. The van der Waals surface area contributed by atoms with Gasteiger partial charge in [-0.15, -0.1) is 0 Å². The molecule has 2 amide bonds. The van der Waals surface area contributed by atoms with E-state index in [9.17, 15) is 14.4 Å². The number of rotatable bonds is 11. The average molecular weight is 601 g/mol. The van der Waals surface area contributed by atoms with E-state index in [1.807, 2.05) is 85.8 Å². The number of ether oxygens (including phenoxy) is 1. The van der Waals surface area contributed by atoms with Crippen LogP contribution in [0.2, 0.25) is 0 Å². The van der Waals surface area contributed by atoms with Gasteiger partial charge in [-0.1, -0.05) is 97.1 Å². The molecule has 4 aromatic rings. The molecule has 5 rings (SSSR count). The number of esters is 1. The Morgan fingerprint density at radius 3 is 2.16 bits per heavy atom. The molecule has 0 saturated carbocycles.